The number of hydrogen-bond donors (Lipinski definition) is 2. The van der Waals surface area contributed by atoms with E-state index in [1.54, 1.807) is 0 Å². The Balaban J connectivity index is 1.72. The van der Waals surface area contributed by atoms with Crippen LogP contribution in [0.15, 0.2) is 42.5 Å². The molecular formula is C16H17NO2. The normalized spacial score (nSPS) is 16.4. The summed E-state index contributed by atoms with van der Waals surface area (Å²) < 4.78 is 0. The fraction of sp³-hybridized carbons (Fsp3) is 0.312. The molecule has 0 spiro atoms. The minimum absolute atomic E-state index is 0.318. The van der Waals surface area contributed by atoms with Gasteiger partial charge in [-0.2, -0.15) is 0 Å². The molecule has 0 heterocycles. The average Bonchev–Trinajstić information content (AvgIpc) is 3.23. The fourth-order valence-corrected chi connectivity index (χ4v) is 2.46. The summed E-state index contributed by atoms with van der Waals surface area (Å²) in [4.78, 5) is 11.2. The van der Waals surface area contributed by atoms with E-state index >= 15 is 0 Å². The van der Waals surface area contributed by atoms with E-state index in [9.17, 15) is 9.90 Å². The second-order valence-electron chi connectivity index (χ2n) is 5.22. The lowest BCUT2D eigenvalue weighted by atomic mass is 10.1. The molecule has 3 heteroatoms. The van der Waals surface area contributed by atoms with Crippen LogP contribution in [0.2, 0.25) is 0 Å². The maximum absolute atomic E-state index is 11.2. The highest BCUT2D eigenvalue weighted by atomic mass is 16.4. The molecule has 0 aliphatic heterocycles. The first-order valence-corrected chi connectivity index (χ1v) is 6.68. The van der Waals surface area contributed by atoms with Crippen molar-refractivity contribution < 1.29 is 9.90 Å². The largest absolute Gasteiger partial charge is 0.480 e. The number of aliphatic carboxylic acids is 1. The van der Waals surface area contributed by atoms with Gasteiger partial charge >= 0.3 is 5.97 Å². The van der Waals surface area contributed by atoms with Crippen molar-refractivity contribution in [2.75, 3.05) is 0 Å². The van der Waals surface area contributed by atoms with E-state index in [1.807, 2.05) is 12.1 Å². The summed E-state index contributed by atoms with van der Waals surface area (Å²) in [5.74, 6) is -0.416. The molecule has 1 unspecified atom stereocenters. The summed E-state index contributed by atoms with van der Waals surface area (Å²) in [5, 5.41) is 14.7. The third-order valence-corrected chi connectivity index (χ3v) is 3.70. The number of carboxylic acid groups (broad SMARTS) is 1. The second-order valence-corrected chi connectivity index (χ2v) is 5.22. The maximum atomic E-state index is 11.2. The third-order valence-electron chi connectivity index (χ3n) is 3.70. The molecule has 0 amide bonds. The highest BCUT2D eigenvalue weighted by molar-refractivity contribution is 5.83. The zero-order valence-corrected chi connectivity index (χ0v) is 10.7. The number of carboxylic acids is 1. The standard InChI is InChI=1S/C16H17NO2/c18-16(19)15(13-7-8-13)17-10-11-5-6-12-3-1-2-4-14(12)9-11/h1-6,9,13,15,17H,7-8,10H2,(H,18,19). The zero-order valence-electron chi connectivity index (χ0n) is 10.7. The molecule has 2 aromatic carbocycles. The molecule has 0 saturated heterocycles. The highest BCUT2D eigenvalue weighted by Crippen LogP contribution is 2.32. The second kappa shape index (κ2) is 5.02. The monoisotopic (exact) mass is 255 g/mol. The zero-order chi connectivity index (χ0) is 13.2. The molecule has 0 aromatic heterocycles. The molecule has 1 saturated carbocycles. The van der Waals surface area contributed by atoms with Gasteiger partial charge in [0.1, 0.15) is 6.04 Å². The van der Waals surface area contributed by atoms with Crippen LogP contribution >= 0.6 is 0 Å². The topological polar surface area (TPSA) is 49.3 Å². The summed E-state index contributed by atoms with van der Waals surface area (Å²) in [6.07, 6.45) is 2.06. The molecule has 1 aliphatic rings. The molecule has 98 valence electrons. The molecule has 0 bridgehead atoms. The van der Waals surface area contributed by atoms with Crippen molar-refractivity contribution in [1.29, 1.82) is 0 Å². The van der Waals surface area contributed by atoms with Gasteiger partial charge in [-0.05, 0) is 41.2 Å². The van der Waals surface area contributed by atoms with Crippen LogP contribution in [0.1, 0.15) is 18.4 Å². The molecule has 19 heavy (non-hydrogen) atoms. The van der Waals surface area contributed by atoms with Crippen LogP contribution in [-0.2, 0) is 11.3 Å². The Morgan fingerprint density at radius 3 is 2.63 bits per heavy atom. The Hall–Kier alpha value is -1.87. The van der Waals surface area contributed by atoms with Gasteiger partial charge in [0.2, 0.25) is 0 Å². The van der Waals surface area contributed by atoms with Crippen molar-refractivity contribution in [3.05, 3.63) is 48.0 Å². The van der Waals surface area contributed by atoms with Crippen molar-refractivity contribution in [2.45, 2.75) is 25.4 Å². The van der Waals surface area contributed by atoms with Crippen molar-refractivity contribution in [1.82, 2.24) is 5.32 Å². The first-order valence-electron chi connectivity index (χ1n) is 6.68. The number of fused-ring (bicyclic) bond motifs is 1. The van der Waals surface area contributed by atoms with Gasteiger partial charge in [0.15, 0.2) is 0 Å². The molecule has 1 fully saturated rings. The van der Waals surface area contributed by atoms with Crippen molar-refractivity contribution in [3.63, 3.8) is 0 Å². The molecule has 0 radical (unpaired) electrons. The van der Waals surface area contributed by atoms with Crippen molar-refractivity contribution in [2.24, 2.45) is 5.92 Å². The quantitative estimate of drug-likeness (QED) is 0.863. The van der Waals surface area contributed by atoms with E-state index in [1.165, 1.54) is 10.8 Å². The number of benzene rings is 2. The lowest BCUT2D eigenvalue weighted by Crippen LogP contribution is -2.38. The molecule has 2 aromatic rings. The van der Waals surface area contributed by atoms with Crippen LogP contribution in [0.3, 0.4) is 0 Å². The first kappa shape index (κ1) is 12.2. The van der Waals surface area contributed by atoms with Gasteiger partial charge in [-0.25, -0.2) is 0 Å². The van der Waals surface area contributed by atoms with Crippen LogP contribution in [0.5, 0.6) is 0 Å². The molecular weight excluding hydrogens is 238 g/mol. The summed E-state index contributed by atoms with van der Waals surface area (Å²) in [6, 6.07) is 14.1. The molecule has 3 rings (SSSR count). The lowest BCUT2D eigenvalue weighted by Gasteiger charge is -2.13. The number of carbonyl (C=O) groups is 1. The molecule has 1 aliphatic carbocycles. The van der Waals surface area contributed by atoms with Crippen LogP contribution in [0.4, 0.5) is 0 Å². The summed E-state index contributed by atoms with van der Waals surface area (Å²) in [7, 11) is 0. The third kappa shape index (κ3) is 2.76. The maximum Gasteiger partial charge on any atom is 0.320 e. The molecule has 3 nitrogen and oxygen atoms in total. The summed E-state index contributed by atoms with van der Waals surface area (Å²) >= 11 is 0. The van der Waals surface area contributed by atoms with Gasteiger partial charge in [0, 0.05) is 6.54 Å². The van der Waals surface area contributed by atoms with Gasteiger partial charge in [-0.3, -0.25) is 4.79 Å². The van der Waals surface area contributed by atoms with E-state index in [4.69, 9.17) is 0 Å². The lowest BCUT2D eigenvalue weighted by molar-refractivity contribution is -0.140. The van der Waals surface area contributed by atoms with E-state index in [-0.39, 0.29) is 0 Å². The Morgan fingerprint density at radius 2 is 1.95 bits per heavy atom. The van der Waals surface area contributed by atoms with Crippen LogP contribution < -0.4 is 5.32 Å². The smallest absolute Gasteiger partial charge is 0.320 e. The minimum atomic E-state index is -0.733. The van der Waals surface area contributed by atoms with Crippen LogP contribution in [-0.4, -0.2) is 17.1 Å². The van der Waals surface area contributed by atoms with Gasteiger partial charge < -0.3 is 10.4 Å². The highest BCUT2D eigenvalue weighted by Gasteiger charge is 2.35. The molecule has 2 N–H and O–H groups in total. The van der Waals surface area contributed by atoms with Gasteiger partial charge in [-0.15, -0.1) is 0 Å². The number of nitrogens with one attached hydrogen (secondary N) is 1. The Labute approximate surface area is 112 Å². The number of rotatable bonds is 5. The predicted octanol–water partition coefficient (Wildman–Crippen LogP) is 2.79. The number of hydrogen-bond acceptors (Lipinski definition) is 2. The minimum Gasteiger partial charge on any atom is -0.480 e. The Kier molecular flexibility index (Phi) is 3.22. The Bertz CT molecular complexity index is 604. The molecule has 1 atom stereocenters. The predicted molar refractivity (Wildman–Crippen MR) is 74.9 cm³/mol. The fourth-order valence-electron chi connectivity index (χ4n) is 2.46. The van der Waals surface area contributed by atoms with Crippen LogP contribution in [0.25, 0.3) is 10.8 Å². The SMILES string of the molecule is O=C(O)C(NCc1ccc2ccccc2c1)C1CC1. The van der Waals surface area contributed by atoms with Gasteiger partial charge in [0.05, 0.1) is 0 Å². The van der Waals surface area contributed by atoms with E-state index in [2.05, 4.69) is 35.6 Å². The average molecular weight is 255 g/mol. The van der Waals surface area contributed by atoms with Crippen LogP contribution in [0, 0.1) is 5.92 Å². The van der Waals surface area contributed by atoms with Crippen molar-refractivity contribution in [3.8, 4) is 0 Å². The van der Waals surface area contributed by atoms with E-state index < -0.39 is 12.0 Å². The van der Waals surface area contributed by atoms with E-state index in [0.29, 0.717) is 12.5 Å². The summed E-state index contributed by atoms with van der Waals surface area (Å²) in [6.45, 7) is 0.609. The van der Waals surface area contributed by atoms with Gasteiger partial charge in [0.25, 0.3) is 0 Å². The van der Waals surface area contributed by atoms with Gasteiger partial charge in [-0.1, -0.05) is 36.4 Å². The Morgan fingerprint density at radius 1 is 1.21 bits per heavy atom. The van der Waals surface area contributed by atoms with Crippen molar-refractivity contribution >= 4 is 16.7 Å². The van der Waals surface area contributed by atoms with E-state index in [0.717, 1.165) is 18.4 Å². The summed E-state index contributed by atoms with van der Waals surface area (Å²) in [5.41, 5.74) is 1.13. The first-order chi connectivity index (χ1) is 9.24.